The van der Waals surface area contributed by atoms with Gasteiger partial charge in [-0.25, -0.2) is 8.42 Å². The van der Waals surface area contributed by atoms with E-state index in [1.165, 1.54) is 11.3 Å². The van der Waals surface area contributed by atoms with Crippen LogP contribution in [0.1, 0.15) is 23.3 Å². The summed E-state index contributed by atoms with van der Waals surface area (Å²) in [6, 6.07) is 6.91. The lowest BCUT2D eigenvalue weighted by atomic mass is 9.77. The highest BCUT2D eigenvalue weighted by Crippen LogP contribution is 2.40. The Labute approximate surface area is 169 Å². The first-order chi connectivity index (χ1) is 13.4. The quantitative estimate of drug-likeness (QED) is 0.797. The first-order valence-corrected chi connectivity index (χ1v) is 11.7. The van der Waals surface area contributed by atoms with Gasteiger partial charge in [0.25, 0.3) is 15.9 Å². The third-order valence-electron chi connectivity index (χ3n) is 5.97. The minimum Gasteiger partial charge on any atom is -0.379 e. The minimum atomic E-state index is -3.44. The lowest BCUT2D eigenvalue weighted by Gasteiger charge is -2.37. The molecule has 28 heavy (non-hydrogen) atoms. The number of carbonyl (C=O) groups is 1. The van der Waals surface area contributed by atoms with Crippen LogP contribution in [0.4, 0.5) is 0 Å². The SMILES string of the molecule is CO[C@H]1C[C@@H]2CN(S(=O)(=O)c3cccs3)C[C@@H]2C[C@@H]1NC(=O)c1cccn1C. The molecule has 1 amide bonds. The van der Waals surface area contributed by atoms with Crippen LogP contribution in [0.2, 0.25) is 0 Å². The second-order valence-electron chi connectivity index (χ2n) is 7.60. The van der Waals surface area contributed by atoms with Crippen LogP contribution in [0.15, 0.2) is 40.1 Å². The van der Waals surface area contributed by atoms with Crippen molar-refractivity contribution in [1.29, 1.82) is 0 Å². The number of rotatable bonds is 5. The Morgan fingerprint density at radius 1 is 1.21 bits per heavy atom. The monoisotopic (exact) mass is 423 g/mol. The summed E-state index contributed by atoms with van der Waals surface area (Å²) in [5, 5.41) is 4.89. The predicted molar refractivity (Wildman–Crippen MR) is 107 cm³/mol. The van der Waals surface area contributed by atoms with Crippen LogP contribution in [0, 0.1) is 11.8 Å². The van der Waals surface area contributed by atoms with E-state index in [4.69, 9.17) is 4.74 Å². The number of sulfonamides is 1. The van der Waals surface area contributed by atoms with Crippen molar-refractivity contribution >= 4 is 27.3 Å². The molecule has 0 aromatic carbocycles. The summed E-state index contributed by atoms with van der Waals surface area (Å²) in [7, 11) is 0.0527. The van der Waals surface area contributed by atoms with Crippen molar-refractivity contribution in [3.8, 4) is 0 Å². The van der Waals surface area contributed by atoms with Crippen molar-refractivity contribution in [1.82, 2.24) is 14.2 Å². The first kappa shape index (κ1) is 19.6. The normalized spacial score (nSPS) is 28.2. The van der Waals surface area contributed by atoms with Gasteiger partial charge in [-0.15, -0.1) is 11.3 Å². The van der Waals surface area contributed by atoms with Gasteiger partial charge in [0.05, 0.1) is 12.1 Å². The van der Waals surface area contributed by atoms with Gasteiger partial charge in [0, 0.05) is 33.4 Å². The van der Waals surface area contributed by atoms with Gasteiger partial charge in [-0.05, 0) is 48.3 Å². The van der Waals surface area contributed by atoms with Crippen LogP contribution < -0.4 is 5.32 Å². The molecule has 1 N–H and O–H groups in total. The topological polar surface area (TPSA) is 80.6 Å². The molecule has 0 radical (unpaired) electrons. The van der Waals surface area contributed by atoms with E-state index in [1.807, 2.05) is 19.3 Å². The molecule has 2 aromatic rings. The van der Waals surface area contributed by atoms with Gasteiger partial charge >= 0.3 is 0 Å². The fraction of sp³-hybridized carbons (Fsp3) is 0.526. The summed E-state index contributed by atoms with van der Waals surface area (Å²) in [6.07, 6.45) is 3.19. The molecule has 2 aliphatic rings. The van der Waals surface area contributed by atoms with E-state index in [0.29, 0.717) is 23.0 Å². The largest absolute Gasteiger partial charge is 0.379 e. The zero-order valence-corrected chi connectivity index (χ0v) is 17.6. The van der Waals surface area contributed by atoms with Crippen LogP contribution in [0.3, 0.4) is 0 Å². The lowest BCUT2D eigenvalue weighted by molar-refractivity contribution is 0.0124. The van der Waals surface area contributed by atoms with E-state index < -0.39 is 10.0 Å². The molecule has 7 nitrogen and oxygen atoms in total. The fourth-order valence-corrected chi connectivity index (χ4v) is 7.15. The van der Waals surface area contributed by atoms with Crippen molar-refractivity contribution in [2.45, 2.75) is 29.2 Å². The van der Waals surface area contributed by atoms with Gasteiger partial charge in [0.15, 0.2) is 0 Å². The summed E-state index contributed by atoms with van der Waals surface area (Å²) in [4.78, 5) is 12.6. The smallest absolute Gasteiger partial charge is 0.268 e. The van der Waals surface area contributed by atoms with Crippen molar-refractivity contribution in [2.75, 3.05) is 20.2 Å². The summed E-state index contributed by atoms with van der Waals surface area (Å²) < 4.78 is 35.2. The van der Waals surface area contributed by atoms with E-state index in [2.05, 4.69) is 5.32 Å². The molecule has 0 bridgehead atoms. The lowest BCUT2D eigenvalue weighted by Crippen LogP contribution is -2.50. The minimum absolute atomic E-state index is 0.116. The second-order valence-corrected chi connectivity index (χ2v) is 10.7. The Kier molecular flexibility index (Phi) is 5.34. The molecule has 0 unspecified atom stereocenters. The van der Waals surface area contributed by atoms with Crippen LogP contribution in [-0.4, -0.2) is 55.5 Å². The van der Waals surface area contributed by atoms with E-state index in [-0.39, 0.29) is 29.9 Å². The Morgan fingerprint density at radius 2 is 1.96 bits per heavy atom. The molecule has 152 valence electrons. The van der Waals surface area contributed by atoms with Crippen LogP contribution in [0.5, 0.6) is 0 Å². The number of hydrogen-bond donors (Lipinski definition) is 1. The first-order valence-electron chi connectivity index (χ1n) is 9.38. The van der Waals surface area contributed by atoms with Crippen molar-refractivity contribution in [3.05, 3.63) is 41.5 Å². The van der Waals surface area contributed by atoms with Gasteiger partial charge in [-0.3, -0.25) is 4.79 Å². The average molecular weight is 424 g/mol. The molecule has 2 aromatic heterocycles. The summed E-state index contributed by atoms with van der Waals surface area (Å²) in [6.45, 7) is 1.01. The maximum atomic E-state index is 12.9. The molecular weight excluding hydrogens is 398 g/mol. The number of methoxy groups -OCH3 is 1. The van der Waals surface area contributed by atoms with E-state index in [1.54, 1.807) is 39.6 Å². The number of aryl methyl sites for hydroxylation is 1. The molecule has 0 spiro atoms. The Balaban J connectivity index is 1.47. The van der Waals surface area contributed by atoms with E-state index in [0.717, 1.165) is 12.8 Å². The second kappa shape index (κ2) is 7.62. The number of nitrogens with zero attached hydrogens (tertiary/aromatic N) is 2. The highest BCUT2D eigenvalue weighted by Gasteiger charge is 2.46. The fourth-order valence-electron chi connectivity index (χ4n) is 4.46. The standard InChI is InChI=1S/C19H25N3O4S2/c1-21-7-3-5-16(21)19(23)20-15-9-13-11-22(12-14(13)10-17(15)26-2)28(24,25)18-6-4-8-27-18/h3-8,13-15,17H,9-12H2,1-2H3,(H,20,23)/t13-,14+,15-,17-/m0/s1. The molecule has 4 atom stereocenters. The van der Waals surface area contributed by atoms with E-state index in [9.17, 15) is 13.2 Å². The summed E-state index contributed by atoms with van der Waals surface area (Å²) >= 11 is 1.25. The number of thiophene rings is 1. The number of fused-ring (bicyclic) bond motifs is 1. The number of hydrogen-bond acceptors (Lipinski definition) is 5. The summed E-state index contributed by atoms with van der Waals surface area (Å²) in [5.41, 5.74) is 0.602. The Bertz CT molecular complexity index is 938. The van der Waals surface area contributed by atoms with Crippen LogP contribution >= 0.6 is 11.3 Å². The molecule has 3 heterocycles. The third kappa shape index (κ3) is 3.52. The molecular formula is C19H25N3O4S2. The van der Waals surface area contributed by atoms with Gasteiger partial charge in [0.2, 0.25) is 0 Å². The molecule has 1 saturated heterocycles. The Hall–Kier alpha value is -1.68. The number of carbonyl (C=O) groups excluding carboxylic acids is 1. The zero-order chi connectivity index (χ0) is 19.9. The van der Waals surface area contributed by atoms with Crippen molar-refractivity contribution < 1.29 is 17.9 Å². The van der Waals surface area contributed by atoms with Crippen LogP contribution in [-0.2, 0) is 21.8 Å². The third-order valence-corrected chi connectivity index (χ3v) is 9.17. The van der Waals surface area contributed by atoms with Crippen molar-refractivity contribution in [3.63, 3.8) is 0 Å². The molecule has 1 aliphatic heterocycles. The van der Waals surface area contributed by atoms with E-state index >= 15 is 0 Å². The average Bonchev–Trinajstić information content (AvgIpc) is 3.41. The number of aromatic nitrogens is 1. The number of ether oxygens (including phenoxy) is 1. The molecule has 1 aliphatic carbocycles. The Morgan fingerprint density at radius 3 is 2.57 bits per heavy atom. The zero-order valence-electron chi connectivity index (χ0n) is 15.9. The highest BCUT2D eigenvalue weighted by atomic mass is 32.2. The van der Waals surface area contributed by atoms with Crippen LogP contribution in [0.25, 0.3) is 0 Å². The molecule has 1 saturated carbocycles. The highest BCUT2D eigenvalue weighted by molar-refractivity contribution is 7.91. The summed E-state index contributed by atoms with van der Waals surface area (Å²) in [5.74, 6) is 0.349. The number of amides is 1. The predicted octanol–water partition coefficient (Wildman–Crippen LogP) is 1.93. The maximum Gasteiger partial charge on any atom is 0.268 e. The number of nitrogens with one attached hydrogen (secondary N) is 1. The van der Waals surface area contributed by atoms with Gasteiger partial charge < -0.3 is 14.6 Å². The maximum absolute atomic E-state index is 12.9. The molecule has 2 fully saturated rings. The van der Waals surface area contributed by atoms with Gasteiger partial charge in [-0.1, -0.05) is 6.07 Å². The molecule has 4 rings (SSSR count). The van der Waals surface area contributed by atoms with Gasteiger partial charge in [0.1, 0.15) is 9.90 Å². The van der Waals surface area contributed by atoms with Crippen molar-refractivity contribution in [2.24, 2.45) is 18.9 Å². The molecule has 9 heteroatoms. The van der Waals surface area contributed by atoms with Gasteiger partial charge in [-0.2, -0.15) is 4.31 Å².